The van der Waals surface area contributed by atoms with Crippen LogP contribution in [0.4, 0.5) is 0 Å². The highest BCUT2D eigenvalue weighted by Gasteiger charge is 2.27. The van der Waals surface area contributed by atoms with Crippen LogP contribution in [0.15, 0.2) is 30.3 Å². The molecule has 0 N–H and O–H groups in total. The van der Waals surface area contributed by atoms with Gasteiger partial charge in [-0.1, -0.05) is 12.1 Å². The van der Waals surface area contributed by atoms with Crippen LogP contribution in [0, 0.1) is 13.8 Å². The maximum absolute atomic E-state index is 13.0. The number of hydrogen-bond acceptors (Lipinski definition) is 3. The van der Waals surface area contributed by atoms with Gasteiger partial charge in [-0.05, 0) is 95.6 Å². The van der Waals surface area contributed by atoms with Crippen molar-refractivity contribution in [3.8, 4) is 5.69 Å². The summed E-state index contributed by atoms with van der Waals surface area (Å²) in [5.41, 5.74) is 4.47. The van der Waals surface area contributed by atoms with E-state index in [-0.39, 0.29) is 0 Å². The summed E-state index contributed by atoms with van der Waals surface area (Å²) in [6, 6.07) is 11.0. The Morgan fingerprint density at radius 1 is 1.03 bits per heavy atom. The van der Waals surface area contributed by atoms with Crippen molar-refractivity contribution in [2.75, 3.05) is 26.2 Å². The van der Waals surface area contributed by atoms with E-state index in [1.54, 1.807) is 0 Å². The van der Waals surface area contributed by atoms with Gasteiger partial charge in [-0.15, -0.1) is 0 Å². The fraction of sp³-hybridized carbons (Fsp3) is 0.600. The summed E-state index contributed by atoms with van der Waals surface area (Å²) in [4.78, 5) is 17.8. The predicted molar refractivity (Wildman–Crippen MR) is 121 cm³/mol. The van der Waals surface area contributed by atoms with Gasteiger partial charge in [-0.3, -0.25) is 4.79 Å². The molecule has 5 nitrogen and oxygen atoms in total. The monoisotopic (exact) mass is 408 g/mol. The van der Waals surface area contributed by atoms with E-state index in [0.29, 0.717) is 18.4 Å². The van der Waals surface area contributed by atoms with Gasteiger partial charge in [0.1, 0.15) is 0 Å². The lowest BCUT2D eigenvalue weighted by atomic mass is 9.98. The highest BCUT2D eigenvalue weighted by atomic mass is 16.2. The van der Waals surface area contributed by atoms with Gasteiger partial charge in [0.05, 0.1) is 11.4 Å². The molecule has 0 saturated carbocycles. The van der Waals surface area contributed by atoms with Crippen molar-refractivity contribution in [2.24, 2.45) is 0 Å². The number of nitrogens with zero attached hydrogens (tertiary/aromatic N) is 4. The molecule has 2 saturated heterocycles. The Morgan fingerprint density at radius 3 is 2.47 bits per heavy atom. The van der Waals surface area contributed by atoms with Gasteiger partial charge in [0.25, 0.3) is 0 Å². The molecule has 2 aliphatic heterocycles. The Kier molecular flexibility index (Phi) is 6.88. The smallest absolute Gasteiger partial charge is 0.223 e. The second kappa shape index (κ2) is 9.78. The number of carbonyl (C=O) groups is 1. The first kappa shape index (κ1) is 21.1. The molecule has 3 heterocycles. The molecule has 5 heteroatoms. The van der Waals surface area contributed by atoms with Crippen LogP contribution in [0.25, 0.3) is 5.69 Å². The normalized spacial score (nSPS) is 20.1. The summed E-state index contributed by atoms with van der Waals surface area (Å²) < 4.78 is 1.98. The molecule has 1 aromatic carbocycles. The summed E-state index contributed by atoms with van der Waals surface area (Å²) in [5.74, 6) is 0.337. The van der Waals surface area contributed by atoms with Gasteiger partial charge in [-0.2, -0.15) is 5.10 Å². The predicted octanol–water partition coefficient (Wildman–Crippen LogP) is 4.29. The number of amides is 1. The van der Waals surface area contributed by atoms with Crippen LogP contribution in [0.1, 0.15) is 61.9 Å². The highest BCUT2D eigenvalue weighted by Crippen LogP contribution is 2.22. The minimum Gasteiger partial charge on any atom is -0.340 e. The minimum absolute atomic E-state index is 0.337. The van der Waals surface area contributed by atoms with Crippen LogP contribution in [0.2, 0.25) is 0 Å². The summed E-state index contributed by atoms with van der Waals surface area (Å²) >= 11 is 0. The molecule has 1 amide bonds. The van der Waals surface area contributed by atoms with Gasteiger partial charge < -0.3 is 9.80 Å². The summed E-state index contributed by atoms with van der Waals surface area (Å²) in [6.07, 6.45) is 8.84. The van der Waals surface area contributed by atoms with Crippen molar-refractivity contribution in [1.29, 1.82) is 0 Å². The number of likely N-dealkylation sites (tertiary alicyclic amines) is 2. The van der Waals surface area contributed by atoms with Crippen LogP contribution < -0.4 is 0 Å². The molecule has 1 atom stereocenters. The fourth-order valence-corrected chi connectivity index (χ4v) is 5.06. The average Bonchev–Trinajstić information content (AvgIpc) is 3.40. The van der Waals surface area contributed by atoms with Crippen LogP contribution in [-0.2, 0) is 11.2 Å². The van der Waals surface area contributed by atoms with Crippen molar-refractivity contribution in [2.45, 2.75) is 71.3 Å². The largest absolute Gasteiger partial charge is 0.340 e. The molecule has 2 aliphatic rings. The number of aromatic nitrogens is 2. The van der Waals surface area contributed by atoms with Crippen LogP contribution in [-0.4, -0.2) is 57.7 Å². The number of aryl methyl sites for hydroxylation is 3. The number of rotatable bonds is 7. The molecule has 0 bridgehead atoms. The third-order valence-electron chi connectivity index (χ3n) is 6.74. The van der Waals surface area contributed by atoms with Crippen LogP contribution in [0.5, 0.6) is 0 Å². The van der Waals surface area contributed by atoms with E-state index >= 15 is 0 Å². The number of hydrogen-bond donors (Lipinski definition) is 0. The maximum atomic E-state index is 13.0. The summed E-state index contributed by atoms with van der Waals surface area (Å²) in [6.45, 7) is 8.68. The topological polar surface area (TPSA) is 41.4 Å². The zero-order valence-electron chi connectivity index (χ0n) is 18.6. The van der Waals surface area contributed by atoms with Crippen molar-refractivity contribution in [1.82, 2.24) is 19.6 Å². The first-order chi connectivity index (χ1) is 14.6. The Balaban J connectivity index is 1.30. The molecule has 30 heavy (non-hydrogen) atoms. The quantitative estimate of drug-likeness (QED) is 0.686. The molecular weight excluding hydrogens is 372 g/mol. The number of carbonyl (C=O) groups excluding carboxylic acids is 1. The summed E-state index contributed by atoms with van der Waals surface area (Å²) in [5, 5.41) is 4.55. The van der Waals surface area contributed by atoms with Crippen LogP contribution in [0.3, 0.4) is 0 Å². The number of piperidine rings is 1. The zero-order valence-corrected chi connectivity index (χ0v) is 18.6. The Labute approximate surface area is 181 Å². The SMILES string of the molecule is Cc1cc(C)n(-c2ccc(CCC(=O)N3CCCCC3CCN3CCCC3)cc2)n1. The van der Waals surface area contributed by atoms with E-state index in [0.717, 1.165) is 49.4 Å². The first-order valence-corrected chi connectivity index (χ1v) is 11.7. The van der Waals surface area contributed by atoms with Crippen molar-refractivity contribution in [3.05, 3.63) is 47.3 Å². The first-order valence-electron chi connectivity index (χ1n) is 11.7. The van der Waals surface area contributed by atoms with Gasteiger partial charge in [0.2, 0.25) is 5.91 Å². The van der Waals surface area contributed by atoms with Gasteiger partial charge >= 0.3 is 0 Å². The van der Waals surface area contributed by atoms with E-state index < -0.39 is 0 Å². The van der Waals surface area contributed by atoms with Gasteiger partial charge in [0, 0.05) is 31.2 Å². The van der Waals surface area contributed by atoms with Gasteiger partial charge in [0.15, 0.2) is 0 Å². The Morgan fingerprint density at radius 2 is 1.77 bits per heavy atom. The van der Waals surface area contributed by atoms with Crippen molar-refractivity contribution in [3.63, 3.8) is 0 Å². The van der Waals surface area contributed by atoms with Crippen molar-refractivity contribution >= 4 is 5.91 Å². The zero-order chi connectivity index (χ0) is 20.9. The van der Waals surface area contributed by atoms with E-state index in [1.807, 2.05) is 11.6 Å². The molecule has 0 aliphatic carbocycles. The minimum atomic E-state index is 0.337. The molecule has 1 unspecified atom stereocenters. The molecule has 2 fully saturated rings. The molecule has 162 valence electrons. The lowest BCUT2D eigenvalue weighted by molar-refractivity contribution is -0.135. The molecule has 0 spiro atoms. The molecule has 0 radical (unpaired) electrons. The van der Waals surface area contributed by atoms with E-state index in [1.165, 1.54) is 44.3 Å². The van der Waals surface area contributed by atoms with Crippen LogP contribution >= 0.6 is 0 Å². The van der Waals surface area contributed by atoms with E-state index in [9.17, 15) is 4.79 Å². The standard InChI is InChI=1S/C25H36N4O/c1-20-19-21(2)29(26-20)24-11-8-22(9-12-24)10-13-25(30)28-17-4-3-7-23(28)14-18-27-15-5-6-16-27/h8-9,11-12,19,23H,3-7,10,13-18H2,1-2H3. The molecule has 2 aromatic rings. The maximum Gasteiger partial charge on any atom is 0.223 e. The lowest BCUT2D eigenvalue weighted by Gasteiger charge is -2.37. The van der Waals surface area contributed by atoms with Crippen molar-refractivity contribution < 1.29 is 4.79 Å². The average molecular weight is 409 g/mol. The second-order valence-corrected chi connectivity index (χ2v) is 9.08. The lowest BCUT2D eigenvalue weighted by Crippen LogP contribution is -2.45. The fourth-order valence-electron chi connectivity index (χ4n) is 5.06. The molecular formula is C25H36N4O. The molecule has 4 rings (SSSR count). The second-order valence-electron chi connectivity index (χ2n) is 9.08. The highest BCUT2D eigenvalue weighted by molar-refractivity contribution is 5.77. The Hall–Kier alpha value is -2.14. The Bertz CT molecular complexity index is 835. The van der Waals surface area contributed by atoms with Gasteiger partial charge in [-0.25, -0.2) is 4.68 Å². The van der Waals surface area contributed by atoms with E-state index in [4.69, 9.17) is 0 Å². The summed E-state index contributed by atoms with van der Waals surface area (Å²) in [7, 11) is 0. The molecule has 1 aromatic heterocycles. The third-order valence-corrected chi connectivity index (χ3v) is 6.74. The van der Waals surface area contributed by atoms with E-state index in [2.05, 4.69) is 52.2 Å². The third kappa shape index (κ3) is 5.12. The number of benzene rings is 1.